The van der Waals surface area contributed by atoms with E-state index in [4.69, 9.17) is 16.3 Å². The lowest BCUT2D eigenvalue weighted by molar-refractivity contribution is -0.144. The largest absolute Gasteiger partial charge is 0.467 e. The van der Waals surface area contributed by atoms with Gasteiger partial charge in [0.15, 0.2) is 0 Å². The highest BCUT2D eigenvalue weighted by molar-refractivity contribution is 6.31. The summed E-state index contributed by atoms with van der Waals surface area (Å²) in [6.45, 7) is 4.03. The van der Waals surface area contributed by atoms with Crippen LogP contribution >= 0.6 is 11.6 Å². The fraction of sp³-hybridized carbons (Fsp3) is 0.441. The second-order valence-corrected chi connectivity index (χ2v) is 11.9. The molecule has 5 atom stereocenters. The molecule has 0 saturated carbocycles. The summed E-state index contributed by atoms with van der Waals surface area (Å²) in [5.41, 5.74) is 1.19. The molecular weight excluding hydrogens is 629 g/mol. The maximum atomic E-state index is 13.9. The molecule has 5 amide bonds. The minimum absolute atomic E-state index is 0.00352. The van der Waals surface area contributed by atoms with Gasteiger partial charge in [0, 0.05) is 24.1 Å². The van der Waals surface area contributed by atoms with E-state index in [1.807, 2.05) is 6.92 Å². The number of rotatable bonds is 11. The Morgan fingerprint density at radius 3 is 2.55 bits per heavy atom. The summed E-state index contributed by atoms with van der Waals surface area (Å²) in [6, 6.07) is 8.20. The van der Waals surface area contributed by atoms with E-state index in [1.54, 1.807) is 43.3 Å². The third kappa shape index (κ3) is 12.0. The van der Waals surface area contributed by atoms with Gasteiger partial charge in [-0.05, 0) is 60.9 Å². The number of urea groups is 1. The zero-order valence-corrected chi connectivity index (χ0v) is 27.6. The van der Waals surface area contributed by atoms with E-state index >= 15 is 0 Å². The molecule has 0 saturated heterocycles. The van der Waals surface area contributed by atoms with E-state index < -0.39 is 53.8 Å². The van der Waals surface area contributed by atoms with Gasteiger partial charge >= 0.3 is 12.0 Å². The van der Waals surface area contributed by atoms with Gasteiger partial charge in [0.05, 0.1) is 13.2 Å². The van der Waals surface area contributed by atoms with Crippen molar-refractivity contribution in [3.63, 3.8) is 0 Å². The fourth-order valence-electron chi connectivity index (χ4n) is 5.09. The lowest BCUT2D eigenvalue weighted by atomic mass is 9.99. The molecule has 5 N–H and O–H groups in total. The SMILES string of the molecule is CCC(C)C(NC(=O)NC(Cc1ccccc1Cl)C(=O)N[C@H]1CCCCNC(=O)/C=C/[C@H](Cc2cccc(F)c2)NC1=O)C(=O)OC. The van der Waals surface area contributed by atoms with Crippen molar-refractivity contribution in [3.05, 3.63) is 82.6 Å². The number of halogens is 2. The van der Waals surface area contributed by atoms with Gasteiger partial charge in [0.1, 0.15) is 23.9 Å². The van der Waals surface area contributed by atoms with Crippen molar-refractivity contribution in [1.82, 2.24) is 26.6 Å². The summed E-state index contributed by atoms with van der Waals surface area (Å²) < 4.78 is 18.7. The van der Waals surface area contributed by atoms with E-state index in [9.17, 15) is 28.4 Å². The van der Waals surface area contributed by atoms with Crippen molar-refractivity contribution in [2.24, 2.45) is 5.92 Å². The maximum absolute atomic E-state index is 13.9. The van der Waals surface area contributed by atoms with E-state index in [0.717, 1.165) is 0 Å². The highest BCUT2D eigenvalue weighted by Crippen LogP contribution is 2.18. The summed E-state index contributed by atoms with van der Waals surface area (Å²) in [5, 5.41) is 14.1. The molecule has 1 aliphatic heterocycles. The van der Waals surface area contributed by atoms with Crippen molar-refractivity contribution in [1.29, 1.82) is 0 Å². The molecule has 11 nitrogen and oxygen atoms in total. The molecule has 0 radical (unpaired) electrons. The number of methoxy groups -OCH3 is 1. The van der Waals surface area contributed by atoms with E-state index in [-0.39, 0.29) is 31.1 Å². The van der Waals surface area contributed by atoms with Crippen LogP contribution in [0.25, 0.3) is 0 Å². The molecule has 13 heteroatoms. The van der Waals surface area contributed by atoms with Crippen LogP contribution in [-0.4, -0.2) is 67.5 Å². The molecule has 3 rings (SSSR count). The van der Waals surface area contributed by atoms with Crippen LogP contribution < -0.4 is 26.6 Å². The predicted molar refractivity (Wildman–Crippen MR) is 176 cm³/mol. The minimum Gasteiger partial charge on any atom is -0.467 e. The van der Waals surface area contributed by atoms with Gasteiger partial charge in [0.2, 0.25) is 17.7 Å². The number of benzene rings is 2. The van der Waals surface area contributed by atoms with Crippen molar-refractivity contribution in [2.45, 2.75) is 76.5 Å². The van der Waals surface area contributed by atoms with Gasteiger partial charge < -0.3 is 31.3 Å². The molecule has 0 aromatic heterocycles. The van der Waals surface area contributed by atoms with Crippen molar-refractivity contribution in [2.75, 3.05) is 13.7 Å². The van der Waals surface area contributed by atoms with E-state index in [1.165, 1.54) is 31.4 Å². The molecule has 0 fully saturated rings. The molecule has 2 aromatic rings. The molecular formula is C34H43ClFN5O6. The topological polar surface area (TPSA) is 155 Å². The van der Waals surface area contributed by atoms with Crippen LogP contribution in [0.1, 0.15) is 50.7 Å². The van der Waals surface area contributed by atoms with Crippen molar-refractivity contribution >= 4 is 41.3 Å². The Hall–Kier alpha value is -4.45. The normalized spacial score (nSPS) is 19.7. The van der Waals surface area contributed by atoms with Crippen LogP contribution in [0.15, 0.2) is 60.7 Å². The third-order valence-corrected chi connectivity index (χ3v) is 8.33. The van der Waals surface area contributed by atoms with Crippen LogP contribution in [-0.2, 0) is 36.8 Å². The van der Waals surface area contributed by atoms with Gasteiger partial charge in [-0.2, -0.15) is 0 Å². The number of amides is 5. The minimum atomic E-state index is -1.18. The first kappa shape index (κ1) is 37.0. The molecule has 254 valence electrons. The highest BCUT2D eigenvalue weighted by atomic mass is 35.5. The summed E-state index contributed by atoms with van der Waals surface area (Å²) in [7, 11) is 1.23. The molecule has 0 spiro atoms. The van der Waals surface area contributed by atoms with Crippen LogP contribution in [0, 0.1) is 11.7 Å². The Balaban J connectivity index is 1.84. The molecule has 3 unspecified atom stereocenters. The quantitative estimate of drug-likeness (QED) is 0.231. The van der Waals surface area contributed by atoms with Crippen LogP contribution in [0.2, 0.25) is 5.02 Å². The summed E-state index contributed by atoms with van der Waals surface area (Å²) in [6.07, 6.45) is 4.92. The standard InChI is InChI=1S/C34H43ClFN5O6/c1-4-21(2)30(33(45)47-3)41-34(46)40-28(20-23-11-5-6-13-26(23)35)32(44)39-27-14-7-8-17-37-29(42)16-15-25(38-31(27)43)19-22-10-9-12-24(36)18-22/h5-6,9-13,15-16,18,21,25,27-28,30H,4,7-8,14,17,19-20H2,1-3H3,(H,37,42)(H,38,43)(H,39,44)(H2,40,41,46)/b16-15+/t21?,25-,27+,28?,30?/m1/s1. The first-order valence-electron chi connectivity index (χ1n) is 15.7. The molecule has 0 aliphatic carbocycles. The number of hydrogen-bond acceptors (Lipinski definition) is 6. The smallest absolute Gasteiger partial charge is 0.328 e. The number of esters is 1. The van der Waals surface area contributed by atoms with Crippen LogP contribution in [0.4, 0.5) is 9.18 Å². The van der Waals surface area contributed by atoms with E-state index in [0.29, 0.717) is 42.0 Å². The number of nitrogens with one attached hydrogen (secondary N) is 5. The Morgan fingerprint density at radius 1 is 1.09 bits per heavy atom. The van der Waals surface area contributed by atoms with Gasteiger partial charge in [-0.15, -0.1) is 0 Å². The molecule has 47 heavy (non-hydrogen) atoms. The molecule has 0 bridgehead atoms. The van der Waals surface area contributed by atoms with Gasteiger partial charge in [0.25, 0.3) is 0 Å². The third-order valence-electron chi connectivity index (χ3n) is 7.96. The molecule has 1 aliphatic rings. The van der Waals surface area contributed by atoms with Crippen LogP contribution in [0.3, 0.4) is 0 Å². The Bertz CT molecular complexity index is 1440. The fourth-order valence-corrected chi connectivity index (χ4v) is 5.30. The van der Waals surface area contributed by atoms with Gasteiger partial charge in [-0.25, -0.2) is 14.0 Å². The summed E-state index contributed by atoms with van der Waals surface area (Å²) in [4.78, 5) is 65.3. The second kappa shape index (κ2) is 18.6. The molecule has 2 aromatic carbocycles. The second-order valence-electron chi connectivity index (χ2n) is 11.5. The average molecular weight is 672 g/mol. The van der Waals surface area contributed by atoms with Crippen molar-refractivity contribution < 1.29 is 33.1 Å². The Morgan fingerprint density at radius 2 is 1.85 bits per heavy atom. The predicted octanol–water partition coefficient (Wildman–Crippen LogP) is 3.35. The highest BCUT2D eigenvalue weighted by Gasteiger charge is 2.31. The van der Waals surface area contributed by atoms with Crippen molar-refractivity contribution in [3.8, 4) is 0 Å². The summed E-state index contributed by atoms with van der Waals surface area (Å²) in [5.74, 6) is -2.77. The van der Waals surface area contributed by atoms with Gasteiger partial charge in [-0.3, -0.25) is 14.4 Å². The number of carbonyl (C=O) groups is 5. The maximum Gasteiger partial charge on any atom is 0.328 e. The monoisotopic (exact) mass is 671 g/mol. The zero-order valence-electron chi connectivity index (χ0n) is 26.8. The number of ether oxygens (including phenoxy) is 1. The average Bonchev–Trinajstić information content (AvgIpc) is 3.04. The molecule has 1 heterocycles. The van der Waals surface area contributed by atoms with Crippen LogP contribution in [0.5, 0.6) is 0 Å². The number of hydrogen-bond donors (Lipinski definition) is 5. The first-order valence-corrected chi connectivity index (χ1v) is 16.1. The van der Waals surface area contributed by atoms with E-state index in [2.05, 4.69) is 26.6 Å². The Labute approximate surface area is 279 Å². The van der Waals surface area contributed by atoms with Gasteiger partial charge in [-0.1, -0.05) is 68.3 Å². The first-order chi connectivity index (χ1) is 22.5. The lowest BCUT2D eigenvalue weighted by Crippen LogP contribution is -2.58. The number of carbonyl (C=O) groups excluding carboxylic acids is 5. The summed E-state index contributed by atoms with van der Waals surface area (Å²) >= 11 is 6.39. The lowest BCUT2D eigenvalue weighted by Gasteiger charge is -2.27. The Kier molecular flexibility index (Phi) is 14.7. The zero-order chi connectivity index (χ0) is 34.3.